The first-order valence-corrected chi connectivity index (χ1v) is 11.8. The maximum absolute atomic E-state index is 14.7. The molecule has 6 rings (SSSR count). The monoisotopic (exact) mass is 488 g/mol. The lowest BCUT2D eigenvalue weighted by Gasteiger charge is -2.37. The molecule has 36 heavy (non-hydrogen) atoms. The maximum atomic E-state index is 14.7. The Bertz CT molecular complexity index is 1550. The van der Waals surface area contributed by atoms with E-state index >= 15 is 0 Å². The number of aromatic nitrogens is 5. The summed E-state index contributed by atoms with van der Waals surface area (Å²) in [6.45, 7) is 8.87. The molecule has 2 aliphatic rings. The van der Waals surface area contributed by atoms with Gasteiger partial charge in [-0.3, -0.25) is 9.91 Å². The van der Waals surface area contributed by atoms with Crippen LogP contribution in [0.25, 0.3) is 16.6 Å². The molecule has 1 fully saturated rings. The normalized spacial score (nSPS) is 16.0. The van der Waals surface area contributed by atoms with Gasteiger partial charge in [-0.1, -0.05) is 11.1 Å². The molecule has 184 valence electrons. The van der Waals surface area contributed by atoms with E-state index in [2.05, 4.69) is 47.0 Å². The molecular formula is C24H25FN10O. The van der Waals surface area contributed by atoms with Crippen molar-refractivity contribution in [3.63, 3.8) is 0 Å². The lowest BCUT2D eigenvalue weighted by atomic mass is 10.1. The zero-order chi connectivity index (χ0) is 24.8. The number of hydrogen-bond acceptors (Lipinski definition) is 10. The van der Waals surface area contributed by atoms with Crippen LogP contribution >= 0.6 is 0 Å². The summed E-state index contributed by atoms with van der Waals surface area (Å²) in [4.78, 5) is 13.5. The van der Waals surface area contributed by atoms with Crippen molar-refractivity contribution in [3.05, 3.63) is 40.7 Å². The Morgan fingerprint density at radius 3 is 2.78 bits per heavy atom. The van der Waals surface area contributed by atoms with Crippen LogP contribution in [0.2, 0.25) is 0 Å². The van der Waals surface area contributed by atoms with Crippen LogP contribution in [0.5, 0.6) is 0 Å². The Hall–Kier alpha value is -4.24. The summed E-state index contributed by atoms with van der Waals surface area (Å²) in [7, 11) is 0. The quantitative estimate of drug-likeness (QED) is 0.428. The number of hydrogen-bond donors (Lipinski definition) is 1. The lowest BCUT2D eigenvalue weighted by Crippen LogP contribution is -2.48. The third-order valence-corrected chi connectivity index (χ3v) is 6.65. The summed E-state index contributed by atoms with van der Waals surface area (Å²) >= 11 is 0. The molecule has 11 nitrogen and oxygen atoms in total. The summed E-state index contributed by atoms with van der Waals surface area (Å²) in [5, 5.41) is 15.7. The zero-order valence-electron chi connectivity index (χ0n) is 20.1. The molecule has 0 radical (unpaired) electrons. The summed E-state index contributed by atoms with van der Waals surface area (Å²) in [5.74, 6) is 6.06. The van der Waals surface area contributed by atoms with Crippen molar-refractivity contribution in [2.75, 3.05) is 49.9 Å². The average Bonchev–Trinajstić information content (AvgIpc) is 3.46. The van der Waals surface area contributed by atoms with Crippen molar-refractivity contribution >= 4 is 34.5 Å². The highest BCUT2D eigenvalue weighted by Crippen LogP contribution is 2.28. The van der Waals surface area contributed by atoms with Gasteiger partial charge in [0.2, 0.25) is 11.8 Å². The van der Waals surface area contributed by atoms with Crippen LogP contribution in [0.4, 0.5) is 16.0 Å². The number of piperazine rings is 1. The van der Waals surface area contributed by atoms with Crippen molar-refractivity contribution in [2.24, 2.45) is 5.10 Å². The number of aryl methyl sites for hydroxylation is 1. The van der Waals surface area contributed by atoms with Crippen LogP contribution in [0, 0.1) is 24.6 Å². The van der Waals surface area contributed by atoms with Crippen LogP contribution in [-0.2, 0) is 6.54 Å². The molecule has 0 aliphatic carbocycles. The predicted octanol–water partition coefficient (Wildman–Crippen LogP) is 1.64. The highest BCUT2D eigenvalue weighted by atomic mass is 19.1. The van der Waals surface area contributed by atoms with E-state index in [4.69, 9.17) is 10.3 Å². The van der Waals surface area contributed by atoms with Gasteiger partial charge in [0.1, 0.15) is 5.82 Å². The van der Waals surface area contributed by atoms with Crippen molar-refractivity contribution in [3.8, 4) is 11.8 Å². The standard InChI is InChI=1S/C24H25FN10O/c1-3-4-22-29-23-17-13-27-34(14-19(17)28-24(26)35(23)30-22)10-7-32-5-8-33(9-6-32)20-11-16-15(2)31-36-21(16)12-18(20)25/h11-13H,5-10,14H2,1-2H3,(H2,26,28). The number of benzene rings is 1. The molecule has 0 atom stereocenters. The lowest BCUT2D eigenvalue weighted by molar-refractivity contribution is 0.193. The molecule has 0 unspecified atom stereocenters. The highest BCUT2D eigenvalue weighted by Gasteiger charge is 2.24. The van der Waals surface area contributed by atoms with Crippen LogP contribution in [0.3, 0.4) is 0 Å². The Kier molecular flexibility index (Phi) is 5.41. The first kappa shape index (κ1) is 22.2. The Morgan fingerprint density at radius 2 is 1.97 bits per heavy atom. The second-order valence-corrected chi connectivity index (χ2v) is 8.91. The number of hydrazone groups is 1. The van der Waals surface area contributed by atoms with Crippen LogP contribution in [0.15, 0.2) is 21.8 Å². The summed E-state index contributed by atoms with van der Waals surface area (Å²) in [6, 6.07) is 3.27. The van der Waals surface area contributed by atoms with Crippen LogP contribution in [0.1, 0.15) is 29.7 Å². The van der Waals surface area contributed by atoms with E-state index in [1.54, 1.807) is 13.1 Å². The summed E-state index contributed by atoms with van der Waals surface area (Å²) in [5.41, 5.74) is 10.2. The Balaban J connectivity index is 1.09. The van der Waals surface area contributed by atoms with Crippen LogP contribution < -0.4 is 10.6 Å². The molecule has 2 aliphatic heterocycles. The molecule has 1 saturated heterocycles. The number of nitrogens with two attached hydrogens (primary N) is 1. The van der Waals surface area contributed by atoms with Gasteiger partial charge in [0.25, 0.3) is 0 Å². The molecule has 2 N–H and O–H groups in total. The van der Waals surface area contributed by atoms with E-state index in [0.29, 0.717) is 29.3 Å². The van der Waals surface area contributed by atoms with Crippen molar-refractivity contribution in [2.45, 2.75) is 20.4 Å². The van der Waals surface area contributed by atoms with E-state index in [-0.39, 0.29) is 11.8 Å². The minimum atomic E-state index is -0.282. The highest BCUT2D eigenvalue weighted by molar-refractivity contribution is 5.90. The van der Waals surface area contributed by atoms with E-state index in [9.17, 15) is 4.39 Å². The third kappa shape index (κ3) is 3.87. The number of nitrogens with zero attached hydrogens (tertiary/aromatic N) is 9. The van der Waals surface area contributed by atoms with Crippen LogP contribution in [-0.4, -0.2) is 80.1 Å². The third-order valence-electron chi connectivity index (χ3n) is 6.65. The van der Waals surface area contributed by atoms with Gasteiger partial charge in [-0.05, 0) is 25.8 Å². The fourth-order valence-electron chi connectivity index (χ4n) is 4.71. The topological polar surface area (TPSA) is 117 Å². The van der Waals surface area contributed by atoms with E-state index in [0.717, 1.165) is 61.6 Å². The minimum absolute atomic E-state index is 0.276. The second-order valence-electron chi connectivity index (χ2n) is 8.91. The molecule has 1 aromatic carbocycles. The molecular weight excluding hydrogens is 463 g/mol. The SMILES string of the molecule is CC#Cc1nc2c3c(nc(N)n2n1)CN(CCN1CCN(c2cc4c(C)noc4cc2F)CC1)N=C3. The number of halogens is 1. The minimum Gasteiger partial charge on any atom is -0.368 e. The van der Waals surface area contributed by atoms with Gasteiger partial charge in [0, 0.05) is 50.7 Å². The molecule has 0 saturated carbocycles. The second kappa shape index (κ2) is 8.76. The molecule has 0 bridgehead atoms. The smallest absolute Gasteiger partial charge is 0.226 e. The van der Waals surface area contributed by atoms with Crippen molar-refractivity contribution < 1.29 is 8.91 Å². The number of nitrogen functional groups attached to an aromatic ring is 1. The fraction of sp³-hybridized carbons (Fsp3) is 0.375. The van der Waals surface area contributed by atoms with E-state index in [1.807, 2.05) is 18.0 Å². The average molecular weight is 489 g/mol. The van der Waals surface area contributed by atoms with Gasteiger partial charge in [0.05, 0.1) is 35.4 Å². The molecule has 0 amide bonds. The maximum Gasteiger partial charge on any atom is 0.226 e. The molecule has 0 spiro atoms. The van der Waals surface area contributed by atoms with Gasteiger partial charge < -0.3 is 15.2 Å². The number of rotatable bonds is 4. The van der Waals surface area contributed by atoms with Gasteiger partial charge >= 0.3 is 0 Å². The molecule has 5 heterocycles. The summed E-state index contributed by atoms with van der Waals surface area (Å²) in [6.07, 6.45) is 1.77. The summed E-state index contributed by atoms with van der Waals surface area (Å²) < 4.78 is 21.4. The fourth-order valence-corrected chi connectivity index (χ4v) is 4.71. The molecule has 4 aromatic rings. The number of fused-ring (bicyclic) bond motifs is 4. The largest absolute Gasteiger partial charge is 0.368 e. The Morgan fingerprint density at radius 1 is 1.14 bits per heavy atom. The van der Waals surface area contributed by atoms with Gasteiger partial charge in [-0.2, -0.15) is 14.6 Å². The van der Waals surface area contributed by atoms with Crippen molar-refractivity contribution in [1.82, 2.24) is 34.6 Å². The van der Waals surface area contributed by atoms with Gasteiger partial charge in [-0.15, -0.1) is 5.10 Å². The number of anilines is 2. The molecule has 12 heteroatoms. The first-order chi connectivity index (χ1) is 17.5. The van der Waals surface area contributed by atoms with Gasteiger partial charge in [0.15, 0.2) is 11.2 Å². The van der Waals surface area contributed by atoms with Gasteiger partial charge in [-0.25, -0.2) is 9.37 Å². The Labute approximate surface area is 206 Å². The first-order valence-electron chi connectivity index (χ1n) is 11.8. The van der Waals surface area contributed by atoms with E-state index < -0.39 is 0 Å². The zero-order valence-corrected chi connectivity index (χ0v) is 20.1. The molecule has 3 aromatic heterocycles. The van der Waals surface area contributed by atoms with Crippen molar-refractivity contribution in [1.29, 1.82) is 0 Å². The van der Waals surface area contributed by atoms with E-state index in [1.165, 1.54) is 10.6 Å². The predicted molar refractivity (Wildman–Crippen MR) is 133 cm³/mol.